The highest BCUT2D eigenvalue weighted by atomic mass is 32.2. The number of nitrogens with one attached hydrogen (secondary N) is 2. The average molecular weight is 394 g/mol. The Morgan fingerprint density at radius 1 is 1.30 bits per heavy atom. The third-order valence-corrected chi connectivity index (χ3v) is 6.70. The molecule has 0 spiro atoms. The van der Waals surface area contributed by atoms with E-state index in [4.69, 9.17) is 9.94 Å². The molecule has 7 nitrogen and oxygen atoms in total. The summed E-state index contributed by atoms with van der Waals surface area (Å²) in [6, 6.07) is 6.25. The average Bonchev–Trinajstić information content (AvgIpc) is 2.68. The van der Waals surface area contributed by atoms with E-state index in [-0.39, 0.29) is 17.3 Å². The van der Waals surface area contributed by atoms with Crippen LogP contribution in [-0.4, -0.2) is 45.0 Å². The number of amides is 1. The molecule has 1 aliphatic rings. The number of carbonyl (C=O) groups is 1. The van der Waals surface area contributed by atoms with Gasteiger partial charge in [-0.25, -0.2) is 13.9 Å². The number of ether oxygens (including phenoxy) is 1. The highest BCUT2D eigenvalue weighted by molar-refractivity contribution is 7.91. The van der Waals surface area contributed by atoms with Crippen molar-refractivity contribution in [1.29, 1.82) is 0 Å². The fourth-order valence-electron chi connectivity index (χ4n) is 3.27. The highest BCUT2D eigenvalue weighted by Gasteiger charge is 2.39. The molecule has 0 radical (unpaired) electrons. The van der Waals surface area contributed by atoms with Crippen LogP contribution in [0.1, 0.15) is 32.6 Å². The summed E-state index contributed by atoms with van der Waals surface area (Å²) in [4.78, 5) is 12.3. The van der Waals surface area contributed by atoms with Crippen LogP contribution in [0.3, 0.4) is 0 Å². The minimum Gasteiger partial charge on any atom is -0.481 e. The van der Waals surface area contributed by atoms with E-state index in [9.17, 15) is 13.2 Å². The van der Waals surface area contributed by atoms with Gasteiger partial charge in [0.05, 0.1) is 16.1 Å². The molecule has 3 N–H and O–H groups in total. The predicted octanol–water partition coefficient (Wildman–Crippen LogP) is 1.52. The number of hydroxylamine groups is 1. The Morgan fingerprint density at radius 2 is 1.96 bits per heavy atom. The van der Waals surface area contributed by atoms with E-state index in [2.05, 4.69) is 17.2 Å². The Kier molecular flexibility index (Phi) is 7.66. The van der Waals surface area contributed by atoms with E-state index in [1.54, 1.807) is 24.5 Å². The van der Waals surface area contributed by atoms with Gasteiger partial charge in [0, 0.05) is 0 Å². The molecule has 0 bridgehead atoms. The third kappa shape index (κ3) is 5.70. The molecule has 1 aromatic carbocycles. The molecule has 1 aliphatic heterocycles. The van der Waals surface area contributed by atoms with Gasteiger partial charge in [-0.1, -0.05) is 5.92 Å². The van der Waals surface area contributed by atoms with Gasteiger partial charge in [-0.15, -0.1) is 5.92 Å². The van der Waals surface area contributed by atoms with Crippen molar-refractivity contribution < 1.29 is 23.2 Å². The molecule has 148 valence electrons. The first-order valence-corrected chi connectivity index (χ1v) is 10.6. The first-order valence-electron chi connectivity index (χ1n) is 8.94. The molecule has 1 aromatic rings. The molecule has 1 heterocycles. The van der Waals surface area contributed by atoms with Crippen molar-refractivity contribution in [1.82, 2.24) is 10.8 Å². The second-order valence-electron chi connectivity index (χ2n) is 6.58. The molecule has 1 amide bonds. The number of carbonyl (C=O) groups excluding carboxylic acids is 1. The van der Waals surface area contributed by atoms with Crippen LogP contribution in [0.2, 0.25) is 0 Å². The van der Waals surface area contributed by atoms with Gasteiger partial charge in [0.25, 0.3) is 0 Å². The Bertz CT molecular complexity index is 788. The lowest BCUT2D eigenvalue weighted by molar-refractivity contribution is -0.142. The van der Waals surface area contributed by atoms with E-state index in [1.165, 1.54) is 12.1 Å². The minimum absolute atomic E-state index is 0.0532. The first kappa shape index (κ1) is 21.2. The standard InChI is InChI=1S/C19H26N2O5S/c1-2-3-14-26-16-5-7-17(8-6-16)27(24,25)15-4-9-19(18(22)21-23)10-12-20-13-11-19/h5-8,20,23H,4,9-15H2,1H3,(H,21,22). The van der Waals surface area contributed by atoms with Crippen LogP contribution in [0.4, 0.5) is 0 Å². The number of piperidine rings is 1. The third-order valence-electron chi connectivity index (χ3n) is 4.88. The molecule has 8 heteroatoms. The summed E-state index contributed by atoms with van der Waals surface area (Å²) in [5.74, 6) is 5.57. The van der Waals surface area contributed by atoms with Crippen LogP contribution < -0.4 is 15.5 Å². The lowest BCUT2D eigenvalue weighted by Gasteiger charge is -2.35. The summed E-state index contributed by atoms with van der Waals surface area (Å²) in [7, 11) is -3.46. The van der Waals surface area contributed by atoms with Gasteiger partial charge >= 0.3 is 0 Å². The van der Waals surface area contributed by atoms with Crippen molar-refractivity contribution in [2.24, 2.45) is 5.41 Å². The molecule has 0 atom stereocenters. The summed E-state index contributed by atoms with van der Waals surface area (Å²) in [5, 5.41) is 12.2. The summed E-state index contributed by atoms with van der Waals surface area (Å²) < 4.78 is 30.5. The number of hydrogen-bond donors (Lipinski definition) is 3. The fraction of sp³-hybridized carbons (Fsp3) is 0.526. The Hall–Kier alpha value is -2.08. The van der Waals surface area contributed by atoms with E-state index < -0.39 is 21.2 Å². The van der Waals surface area contributed by atoms with E-state index in [0.29, 0.717) is 44.5 Å². The molecule has 0 unspecified atom stereocenters. The zero-order chi connectivity index (χ0) is 19.8. The molecule has 1 saturated heterocycles. The van der Waals surface area contributed by atoms with Crippen molar-refractivity contribution in [3.63, 3.8) is 0 Å². The maximum absolute atomic E-state index is 12.6. The smallest absolute Gasteiger partial charge is 0.249 e. The largest absolute Gasteiger partial charge is 0.481 e. The van der Waals surface area contributed by atoms with E-state index in [0.717, 1.165) is 0 Å². The van der Waals surface area contributed by atoms with Crippen LogP contribution in [0.5, 0.6) is 5.75 Å². The molecular weight excluding hydrogens is 368 g/mol. The van der Waals surface area contributed by atoms with Crippen molar-refractivity contribution in [2.45, 2.75) is 37.5 Å². The Balaban J connectivity index is 1.96. The quantitative estimate of drug-likeness (QED) is 0.351. The SMILES string of the molecule is CC#CCOc1ccc(S(=O)(=O)CCCC2(C(=O)NO)CCNCC2)cc1. The van der Waals surface area contributed by atoms with Crippen LogP contribution in [0.15, 0.2) is 29.2 Å². The minimum atomic E-state index is -3.46. The monoisotopic (exact) mass is 394 g/mol. The van der Waals surface area contributed by atoms with Crippen molar-refractivity contribution in [3.8, 4) is 17.6 Å². The van der Waals surface area contributed by atoms with Crippen LogP contribution in [0, 0.1) is 17.3 Å². The van der Waals surface area contributed by atoms with Gasteiger partial charge in [0.2, 0.25) is 5.91 Å². The summed E-state index contributed by atoms with van der Waals surface area (Å²) >= 11 is 0. The molecule has 0 aromatic heterocycles. The summed E-state index contributed by atoms with van der Waals surface area (Å²) in [6.07, 6.45) is 1.91. The molecule has 2 rings (SSSR count). The van der Waals surface area contributed by atoms with E-state index in [1.807, 2.05) is 0 Å². The normalized spacial score (nSPS) is 16.1. The predicted molar refractivity (Wildman–Crippen MR) is 101 cm³/mol. The first-order chi connectivity index (χ1) is 12.9. The molecule has 0 saturated carbocycles. The molecule has 1 fully saturated rings. The number of benzene rings is 1. The van der Waals surface area contributed by atoms with Gasteiger partial charge < -0.3 is 10.1 Å². The van der Waals surface area contributed by atoms with Gasteiger partial charge in [-0.3, -0.25) is 10.0 Å². The Morgan fingerprint density at radius 3 is 2.56 bits per heavy atom. The maximum atomic E-state index is 12.6. The van der Waals surface area contributed by atoms with Crippen molar-refractivity contribution in [2.75, 3.05) is 25.4 Å². The molecule has 27 heavy (non-hydrogen) atoms. The zero-order valence-electron chi connectivity index (χ0n) is 15.5. The zero-order valence-corrected chi connectivity index (χ0v) is 16.3. The topological polar surface area (TPSA) is 105 Å². The molecular formula is C19H26N2O5S. The number of hydrogen-bond acceptors (Lipinski definition) is 6. The maximum Gasteiger partial charge on any atom is 0.249 e. The summed E-state index contributed by atoms with van der Waals surface area (Å²) in [6.45, 7) is 3.32. The van der Waals surface area contributed by atoms with Crippen LogP contribution >= 0.6 is 0 Å². The highest BCUT2D eigenvalue weighted by Crippen LogP contribution is 2.34. The summed E-state index contributed by atoms with van der Waals surface area (Å²) in [5.41, 5.74) is 1.03. The van der Waals surface area contributed by atoms with Crippen molar-refractivity contribution >= 4 is 15.7 Å². The van der Waals surface area contributed by atoms with E-state index >= 15 is 0 Å². The van der Waals surface area contributed by atoms with Gasteiger partial charge in [-0.2, -0.15) is 0 Å². The lowest BCUT2D eigenvalue weighted by atomic mass is 9.75. The molecule has 0 aliphatic carbocycles. The van der Waals surface area contributed by atoms with Gasteiger partial charge in [-0.05, 0) is 70.0 Å². The lowest BCUT2D eigenvalue weighted by Crippen LogP contribution is -2.47. The fourth-order valence-corrected chi connectivity index (χ4v) is 4.58. The number of rotatable bonds is 8. The second kappa shape index (κ2) is 9.74. The van der Waals surface area contributed by atoms with Crippen LogP contribution in [0.25, 0.3) is 0 Å². The van der Waals surface area contributed by atoms with Gasteiger partial charge in [0.15, 0.2) is 9.84 Å². The number of sulfone groups is 1. The van der Waals surface area contributed by atoms with Crippen LogP contribution in [-0.2, 0) is 14.6 Å². The van der Waals surface area contributed by atoms with Crippen molar-refractivity contribution in [3.05, 3.63) is 24.3 Å². The van der Waals surface area contributed by atoms with Gasteiger partial charge in [0.1, 0.15) is 12.4 Å². The second-order valence-corrected chi connectivity index (χ2v) is 8.69. The Labute approximate surface area is 160 Å².